The third kappa shape index (κ3) is 2.85. The Kier molecular flexibility index (Phi) is 3.44. The molecule has 0 spiro atoms. The molecular weight excluding hydrogens is 245 g/mol. The van der Waals surface area contributed by atoms with E-state index in [1.165, 1.54) is 30.5 Å². The number of hydrogen-bond acceptors (Lipinski definition) is 2. The summed E-state index contributed by atoms with van der Waals surface area (Å²) in [5.41, 5.74) is 0.331. The van der Waals surface area contributed by atoms with Crippen molar-refractivity contribution in [2.24, 2.45) is 0 Å². The molecule has 1 aromatic carbocycles. The van der Waals surface area contributed by atoms with E-state index in [1.54, 1.807) is 6.07 Å². The van der Waals surface area contributed by atoms with Gasteiger partial charge >= 0.3 is 0 Å². The van der Waals surface area contributed by atoms with E-state index in [1.807, 2.05) is 0 Å². The van der Waals surface area contributed by atoms with Gasteiger partial charge in [0.1, 0.15) is 5.82 Å². The van der Waals surface area contributed by atoms with Crippen LogP contribution in [0.25, 0.3) is 0 Å². The van der Waals surface area contributed by atoms with Crippen molar-refractivity contribution in [1.82, 2.24) is 5.32 Å². The zero-order valence-electron chi connectivity index (χ0n) is 8.74. The van der Waals surface area contributed by atoms with Crippen LogP contribution in [0.4, 0.5) is 4.39 Å². The number of amides is 1. The van der Waals surface area contributed by atoms with Crippen LogP contribution in [0.3, 0.4) is 0 Å². The average molecular weight is 254 g/mol. The monoisotopic (exact) mass is 253 g/mol. The van der Waals surface area contributed by atoms with Crippen molar-refractivity contribution in [1.29, 1.82) is 0 Å². The van der Waals surface area contributed by atoms with Gasteiger partial charge in [0.2, 0.25) is 0 Å². The van der Waals surface area contributed by atoms with Crippen LogP contribution in [-0.2, 0) is 6.54 Å². The van der Waals surface area contributed by atoms with Gasteiger partial charge in [-0.05, 0) is 30.3 Å². The summed E-state index contributed by atoms with van der Waals surface area (Å²) < 4.78 is 18.2. The molecule has 3 nitrogen and oxygen atoms in total. The molecule has 1 amide bonds. The highest BCUT2D eigenvalue weighted by Gasteiger charge is 2.09. The minimum atomic E-state index is -0.408. The zero-order valence-corrected chi connectivity index (χ0v) is 9.50. The molecular formula is C12H9ClFNO2. The van der Waals surface area contributed by atoms with Crippen molar-refractivity contribution in [3.63, 3.8) is 0 Å². The fourth-order valence-electron chi connectivity index (χ4n) is 1.35. The molecule has 0 saturated carbocycles. The number of rotatable bonds is 3. The van der Waals surface area contributed by atoms with E-state index in [0.29, 0.717) is 10.6 Å². The van der Waals surface area contributed by atoms with E-state index in [4.69, 9.17) is 16.0 Å². The average Bonchev–Trinajstić information content (AvgIpc) is 2.83. The number of furan rings is 1. The molecule has 2 aromatic rings. The Bertz CT molecular complexity index is 525. The molecule has 0 unspecified atom stereocenters. The molecule has 88 valence electrons. The van der Waals surface area contributed by atoms with Crippen molar-refractivity contribution in [3.8, 4) is 0 Å². The molecule has 0 aliphatic carbocycles. The lowest BCUT2D eigenvalue weighted by atomic mass is 10.2. The molecule has 1 aromatic heterocycles. The standard InChI is InChI=1S/C12H9ClFNO2/c13-9-3-4-10(14)8(6-9)7-15-12(16)11-2-1-5-17-11/h1-6H,7H2,(H,15,16). The van der Waals surface area contributed by atoms with Gasteiger partial charge in [0.15, 0.2) is 5.76 Å². The first-order valence-corrected chi connectivity index (χ1v) is 5.30. The van der Waals surface area contributed by atoms with E-state index >= 15 is 0 Å². The molecule has 0 bridgehead atoms. The van der Waals surface area contributed by atoms with Gasteiger partial charge < -0.3 is 9.73 Å². The number of nitrogens with one attached hydrogen (secondary N) is 1. The highest BCUT2D eigenvalue weighted by Crippen LogP contribution is 2.14. The van der Waals surface area contributed by atoms with E-state index < -0.39 is 11.7 Å². The molecule has 1 N–H and O–H groups in total. The van der Waals surface area contributed by atoms with Crippen molar-refractivity contribution in [2.75, 3.05) is 0 Å². The highest BCUT2D eigenvalue weighted by molar-refractivity contribution is 6.30. The first-order valence-electron chi connectivity index (χ1n) is 4.92. The summed E-state index contributed by atoms with van der Waals surface area (Å²) in [5.74, 6) is -0.615. The molecule has 0 fully saturated rings. The number of benzene rings is 1. The lowest BCUT2D eigenvalue weighted by molar-refractivity contribution is 0.0923. The minimum absolute atomic E-state index is 0.0614. The minimum Gasteiger partial charge on any atom is -0.459 e. The Labute approximate surface area is 102 Å². The van der Waals surface area contributed by atoms with Crippen molar-refractivity contribution in [3.05, 3.63) is 58.8 Å². The lowest BCUT2D eigenvalue weighted by Gasteiger charge is -2.05. The van der Waals surface area contributed by atoms with Gasteiger partial charge in [-0.15, -0.1) is 0 Å². The Hall–Kier alpha value is -1.81. The van der Waals surface area contributed by atoms with Gasteiger partial charge in [-0.1, -0.05) is 11.6 Å². The van der Waals surface area contributed by atoms with Crippen LogP contribution >= 0.6 is 11.6 Å². The maximum absolute atomic E-state index is 13.3. The van der Waals surface area contributed by atoms with Crippen LogP contribution in [0.5, 0.6) is 0 Å². The topological polar surface area (TPSA) is 42.2 Å². The van der Waals surface area contributed by atoms with E-state index in [2.05, 4.69) is 5.32 Å². The predicted octanol–water partition coefficient (Wildman–Crippen LogP) is 3.00. The largest absolute Gasteiger partial charge is 0.459 e. The quantitative estimate of drug-likeness (QED) is 0.914. The molecule has 0 saturated heterocycles. The Morgan fingerprint density at radius 3 is 2.94 bits per heavy atom. The van der Waals surface area contributed by atoms with Gasteiger partial charge in [-0.2, -0.15) is 0 Å². The van der Waals surface area contributed by atoms with Crippen LogP contribution in [0.2, 0.25) is 5.02 Å². The normalized spacial score (nSPS) is 10.2. The van der Waals surface area contributed by atoms with Gasteiger partial charge in [0.25, 0.3) is 5.91 Å². The number of hydrogen-bond donors (Lipinski definition) is 1. The predicted molar refractivity (Wildman–Crippen MR) is 61.3 cm³/mol. The second-order valence-corrected chi connectivity index (χ2v) is 3.83. The van der Waals surface area contributed by atoms with Crippen molar-refractivity contribution < 1.29 is 13.6 Å². The first-order chi connectivity index (χ1) is 8.16. The summed E-state index contributed by atoms with van der Waals surface area (Å²) in [6.45, 7) is 0.0614. The van der Waals surface area contributed by atoms with E-state index in [0.717, 1.165) is 0 Å². The SMILES string of the molecule is O=C(NCc1cc(Cl)ccc1F)c1ccco1. The lowest BCUT2D eigenvalue weighted by Crippen LogP contribution is -2.22. The third-order valence-electron chi connectivity index (χ3n) is 2.19. The number of carbonyl (C=O) groups excluding carboxylic acids is 1. The molecule has 2 rings (SSSR count). The highest BCUT2D eigenvalue weighted by atomic mass is 35.5. The summed E-state index contributed by atoms with van der Waals surface area (Å²) in [7, 11) is 0. The van der Waals surface area contributed by atoms with E-state index in [9.17, 15) is 9.18 Å². The van der Waals surface area contributed by atoms with E-state index in [-0.39, 0.29) is 12.3 Å². The Balaban J connectivity index is 2.03. The Morgan fingerprint density at radius 1 is 1.41 bits per heavy atom. The van der Waals surface area contributed by atoms with Crippen LogP contribution in [0.1, 0.15) is 16.1 Å². The molecule has 0 atom stereocenters. The van der Waals surface area contributed by atoms with Crippen LogP contribution < -0.4 is 5.32 Å². The number of carbonyl (C=O) groups is 1. The van der Waals surface area contributed by atoms with Gasteiger partial charge in [0.05, 0.1) is 6.26 Å². The van der Waals surface area contributed by atoms with Crippen LogP contribution in [-0.4, -0.2) is 5.91 Å². The third-order valence-corrected chi connectivity index (χ3v) is 2.43. The van der Waals surface area contributed by atoms with Gasteiger partial charge in [-0.25, -0.2) is 4.39 Å². The smallest absolute Gasteiger partial charge is 0.287 e. The second-order valence-electron chi connectivity index (χ2n) is 3.40. The molecule has 1 heterocycles. The summed E-state index contributed by atoms with van der Waals surface area (Å²) in [6, 6.07) is 7.32. The van der Waals surface area contributed by atoms with Gasteiger partial charge in [0, 0.05) is 17.1 Å². The van der Waals surface area contributed by atoms with Gasteiger partial charge in [-0.3, -0.25) is 4.79 Å². The summed E-state index contributed by atoms with van der Waals surface area (Å²) in [4.78, 5) is 11.5. The van der Waals surface area contributed by atoms with Crippen LogP contribution in [0.15, 0.2) is 41.0 Å². The maximum Gasteiger partial charge on any atom is 0.287 e. The summed E-state index contributed by atoms with van der Waals surface area (Å²) >= 11 is 5.73. The summed E-state index contributed by atoms with van der Waals surface area (Å²) in [5, 5.41) is 2.96. The maximum atomic E-state index is 13.3. The van der Waals surface area contributed by atoms with Crippen molar-refractivity contribution >= 4 is 17.5 Å². The second kappa shape index (κ2) is 5.01. The molecule has 17 heavy (non-hydrogen) atoms. The number of halogens is 2. The molecule has 5 heteroatoms. The fourth-order valence-corrected chi connectivity index (χ4v) is 1.54. The van der Waals surface area contributed by atoms with Crippen molar-refractivity contribution in [2.45, 2.75) is 6.54 Å². The first kappa shape index (κ1) is 11.7. The van der Waals surface area contributed by atoms with Crippen LogP contribution in [0, 0.1) is 5.82 Å². The molecule has 0 radical (unpaired) electrons. The molecule has 0 aliphatic rings. The zero-order chi connectivity index (χ0) is 12.3. The Morgan fingerprint density at radius 2 is 2.24 bits per heavy atom. The summed E-state index contributed by atoms with van der Waals surface area (Å²) in [6.07, 6.45) is 1.40. The fraction of sp³-hybridized carbons (Fsp3) is 0.0833. The molecule has 0 aliphatic heterocycles.